The number of nitrogens with one attached hydrogen (secondary N) is 2. The molecule has 0 spiro atoms. The van der Waals surface area contributed by atoms with E-state index < -0.39 is 10.7 Å². The molecule has 1 aromatic carbocycles. The summed E-state index contributed by atoms with van der Waals surface area (Å²) in [6.45, 7) is 2.28. The van der Waals surface area contributed by atoms with Crippen LogP contribution in [0.5, 0.6) is 0 Å². The zero-order valence-corrected chi connectivity index (χ0v) is 10.6. The number of rotatable bonds is 5. The van der Waals surface area contributed by atoms with Gasteiger partial charge in [0.25, 0.3) is 0 Å². The van der Waals surface area contributed by atoms with Crippen LogP contribution in [0.25, 0.3) is 0 Å². The van der Waals surface area contributed by atoms with Crippen LogP contribution in [0.2, 0.25) is 0 Å². The Balaban J connectivity index is 2.40. The van der Waals surface area contributed by atoms with Gasteiger partial charge in [0.15, 0.2) is 0 Å². The van der Waals surface area contributed by atoms with Gasteiger partial charge in [0.1, 0.15) is 12.1 Å². The highest BCUT2D eigenvalue weighted by Crippen LogP contribution is 2.30. The zero-order chi connectivity index (χ0) is 14.5. The third kappa shape index (κ3) is 2.97. The van der Waals surface area contributed by atoms with E-state index in [9.17, 15) is 14.5 Å². The van der Waals surface area contributed by atoms with Crippen molar-refractivity contribution in [1.29, 1.82) is 0 Å². The normalized spacial score (nSPS) is 10.1. The molecule has 2 rings (SSSR count). The molecule has 0 saturated carbocycles. The van der Waals surface area contributed by atoms with Gasteiger partial charge in [0, 0.05) is 12.2 Å². The molecule has 2 aromatic rings. The van der Waals surface area contributed by atoms with Crippen molar-refractivity contribution in [3.8, 4) is 0 Å². The van der Waals surface area contributed by atoms with Crippen molar-refractivity contribution in [3.63, 3.8) is 0 Å². The molecule has 0 atom stereocenters. The van der Waals surface area contributed by atoms with Gasteiger partial charge in [-0.25, -0.2) is 14.4 Å². The maximum absolute atomic E-state index is 13.1. The summed E-state index contributed by atoms with van der Waals surface area (Å²) in [4.78, 5) is 18.2. The second-order valence-electron chi connectivity index (χ2n) is 3.84. The molecule has 0 radical (unpaired) electrons. The number of anilines is 3. The van der Waals surface area contributed by atoms with Gasteiger partial charge in [-0.15, -0.1) is 0 Å². The summed E-state index contributed by atoms with van der Waals surface area (Å²) < 4.78 is 13.1. The van der Waals surface area contributed by atoms with E-state index in [0.717, 1.165) is 0 Å². The van der Waals surface area contributed by atoms with Crippen LogP contribution in [-0.2, 0) is 0 Å². The molecule has 0 aliphatic heterocycles. The first-order valence-corrected chi connectivity index (χ1v) is 5.87. The Hall–Kier alpha value is -2.77. The largest absolute Gasteiger partial charge is 0.364 e. The van der Waals surface area contributed by atoms with Crippen LogP contribution in [-0.4, -0.2) is 21.4 Å². The Morgan fingerprint density at radius 3 is 2.75 bits per heavy atom. The number of halogens is 1. The second kappa shape index (κ2) is 5.91. The third-order valence-electron chi connectivity index (χ3n) is 2.44. The number of benzene rings is 1. The molecular weight excluding hydrogens is 265 g/mol. The van der Waals surface area contributed by atoms with E-state index in [1.807, 2.05) is 0 Å². The number of hydrogen-bond donors (Lipinski definition) is 2. The van der Waals surface area contributed by atoms with Crippen molar-refractivity contribution >= 4 is 23.0 Å². The molecule has 0 saturated heterocycles. The SMILES string of the molecule is CCNc1ncnc(Nc2cccc(F)c2)c1[N+](=O)[O-]. The van der Waals surface area contributed by atoms with Gasteiger partial charge in [-0.1, -0.05) is 6.07 Å². The van der Waals surface area contributed by atoms with Crippen LogP contribution >= 0.6 is 0 Å². The highest BCUT2D eigenvalue weighted by molar-refractivity contribution is 5.73. The van der Waals surface area contributed by atoms with Gasteiger partial charge in [0.05, 0.1) is 4.92 Å². The molecule has 0 amide bonds. The number of nitro groups is 1. The lowest BCUT2D eigenvalue weighted by atomic mass is 10.3. The molecule has 0 fully saturated rings. The minimum absolute atomic E-state index is 0.00606. The van der Waals surface area contributed by atoms with Crippen molar-refractivity contribution in [2.45, 2.75) is 6.92 Å². The topological polar surface area (TPSA) is 93.0 Å². The van der Waals surface area contributed by atoms with Crippen molar-refractivity contribution in [2.24, 2.45) is 0 Å². The molecule has 1 aromatic heterocycles. The first-order chi connectivity index (χ1) is 9.61. The van der Waals surface area contributed by atoms with Gasteiger partial charge in [-0.2, -0.15) is 0 Å². The molecule has 0 aliphatic carbocycles. The van der Waals surface area contributed by atoms with Crippen LogP contribution in [0.3, 0.4) is 0 Å². The Morgan fingerprint density at radius 2 is 2.10 bits per heavy atom. The molecule has 2 N–H and O–H groups in total. The Kier molecular flexibility index (Phi) is 4.04. The summed E-state index contributed by atoms with van der Waals surface area (Å²) >= 11 is 0. The number of nitrogens with zero attached hydrogens (tertiary/aromatic N) is 3. The summed E-state index contributed by atoms with van der Waals surface area (Å²) in [6.07, 6.45) is 1.20. The molecule has 20 heavy (non-hydrogen) atoms. The highest BCUT2D eigenvalue weighted by atomic mass is 19.1. The van der Waals surface area contributed by atoms with Crippen molar-refractivity contribution in [2.75, 3.05) is 17.2 Å². The van der Waals surface area contributed by atoms with E-state index in [2.05, 4.69) is 20.6 Å². The Labute approximate surface area is 114 Å². The molecule has 0 unspecified atom stereocenters. The summed E-state index contributed by atoms with van der Waals surface area (Å²) in [5.74, 6) is -0.323. The van der Waals surface area contributed by atoms with E-state index in [0.29, 0.717) is 12.2 Å². The fourth-order valence-electron chi connectivity index (χ4n) is 1.64. The van der Waals surface area contributed by atoms with Crippen LogP contribution in [0.1, 0.15) is 6.92 Å². The van der Waals surface area contributed by atoms with E-state index in [-0.39, 0.29) is 17.3 Å². The second-order valence-corrected chi connectivity index (χ2v) is 3.84. The predicted octanol–water partition coefficient (Wildman–Crippen LogP) is 2.70. The minimum atomic E-state index is -0.584. The van der Waals surface area contributed by atoms with Crippen LogP contribution in [0.4, 0.5) is 27.4 Å². The lowest BCUT2D eigenvalue weighted by molar-refractivity contribution is -0.383. The number of hydrogen-bond acceptors (Lipinski definition) is 6. The standard InChI is InChI=1S/C12H12FN5O2/c1-2-14-11-10(18(19)20)12(16-7-15-11)17-9-5-3-4-8(13)6-9/h3-7H,2H2,1H3,(H2,14,15,16,17). The predicted molar refractivity (Wildman–Crippen MR) is 72.5 cm³/mol. The maximum Gasteiger partial charge on any atom is 0.353 e. The summed E-state index contributed by atoms with van der Waals surface area (Å²) in [5, 5.41) is 16.7. The van der Waals surface area contributed by atoms with Crippen LogP contribution in [0.15, 0.2) is 30.6 Å². The van der Waals surface area contributed by atoms with Gasteiger partial charge < -0.3 is 10.6 Å². The van der Waals surface area contributed by atoms with E-state index in [1.165, 1.54) is 24.5 Å². The summed E-state index contributed by atoms with van der Waals surface area (Å²) in [6, 6.07) is 5.58. The van der Waals surface area contributed by atoms with E-state index in [1.54, 1.807) is 13.0 Å². The molecule has 0 bridgehead atoms. The molecular formula is C12H12FN5O2. The summed E-state index contributed by atoms with van der Waals surface area (Å²) in [5.41, 5.74) is 0.0906. The lowest BCUT2D eigenvalue weighted by Crippen LogP contribution is -2.07. The minimum Gasteiger partial charge on any atom is -0.364 e. The lowest BCUT2D eigenvalue weighted by Gasteiger charge is -2.09. The summed E-state index contributed by atoms with van der Waals surface area (Å²) in [7, 11) is 0. The first-order valence-electron chi connectivity index (χ1n) is 5.87. The van der Waals surface area contributed by atoms with Gasteiger partial charge >= 0.3 is 5.69 Å². The number of aromatic nitrogens is 2. The van der Waals surface area contributed by atoms with Crippen molar-refractivity contribution in [3.05, 3.63) is 46.5 Å². The zero-order valence-electron chi connectivity index (χ0n) is 10.6. The fraction of sp³-hybridized carbons (Fsp3) is 0.167. The third-order valence-corrected chi connectivity index (χ3v) is 2.44. The molecule has 1 heterocycles. The monoisotopic (exact) mass is 277 g/mol. The highest BCUT2D eigenvalue weighted by Gasteiger charge is 2.22. The van der Waals surface area contributed by atoms with Crippen molar-refractivity contribution in [1.82, 2.24) is 9.97 Å². The molecule has 104 valence electrons. The smallest absolute Gasteiger partial charge is 0.353 e. The van der Waals surface area contributed by atoms with Crippen LogP contribution < -0.4 is 10.6 Å². The average Bonchev–Trinajstić information content (AvgIpc) is 2.39. The van der Waals surface area contributed by atoms with Gasteiger partial charge in [-0.05, 0) is 25.1 Å². The van der Waals surface area contributed by atoms with E-state index in [4.69, 9.17) is 0 Å². The van der Waals surface area contributed by atoms with Crippen molar-refractivity contribution < 1.29 is 9.31 Å². The average molecular weight is 277 g/mol. The molecule has 7 nitrogen and oxygen atoms in total. The van der Waals surface area contributed by atoms with E-state index >= 15 is 0 Å². The van der Waals surface area contributed by atoms with Gasteiger partial charge in [0.2, 0.25) is 11.6 Å². The molecule has 0 aliphatic rings. The fourth-order valence-corrected chi connectivity index (χ4v) is 1.64. The maximum atomic E-state index is 13.1. The quantitative estimate of drug-likeness (QED) is 0.644. The van der Waals surface area contributed by atoms with Crippen LogP contribution in [0, 0.1) is 15.9 Å². The first kappa shape index (κ1) is 13.7. The Bertz CT molecular complexity index is 635. The van der Waals surface area contributed by atoms with Gasteiger partial charge in [-0.3, -0.25) is 10.1 Å². The Morgan fingerprint density at radius 1 is 1.35 bits per heavy atom. The molecule has 8 heteroatoms.